The summed E-state index contributed by atoms with van der Waals surface area (Å²) in [5.74, 6) is 0.781. The second kappa shape index (κ2) is 7.49. The average molecular weight is 319 g/mol. The molecule has 0 aromatic heterocycles. The zero-order valence-electron chi connectivity index (χ0n) is 13.2. The van der Waals surface area contributed by atoms with Crippen LogP contribution in [0, 0.1) is 12.7 Å². The van der Waals surface area contributed by atoms with Crippen molar-refractivity contribution in [3.8, 4) is 17.2 Å². The first-order valence-corrected chi connectivity index (χ1v) is 6.93. The van der Waals surface area contributed by atoms with E-state index in [1.54, 1.807) is 37.3 Å². The van der Waals surface area contributed by atoms with E-state index < -0.39 is 5.91 Å². The second-order valence-electron chi connectivity index (χ2n) is 4.85. The fraction of sp³-hybridized carbons (Fsp3) is 0.235. The van der Waals surface area contributed by atoms with E-state index in [2.05, 4.69) is 5.32 Å². The molecule has 0 heterocycles. The van der Waals surface area contributed by atoms with Crippen LogP contribution in [0.4, 0.5) is 10.1 Å². The summed E-state index contributed by atoms with van der Waals surface area (Å²) < 4.78 is 29.1. The Morgan fingerprint density at radius 3 is 2.22 bits per heavy atom. The van der Waals surface area contributed by atoms with E-state index in [0.29, 0.717) is 28.5 Å². The van der Waals surface area contributed by atoms with Gasteiger partial charge in [0, 0.05) is 23.9 Å². The van der Waals surface area contributed by atoms with Crippen LogP contribution in [-0.2, 0) is 4.79 Å². The van der Waals surface area contributed by atoms with Gasteiger partial charge in [-0.05, 0) is 24.6 Å². The van der Waals surface area contributed by atoms with Gasteiger partial charge in [-0.3, -0.25) is 4.79 Å². The summed E-state index contributed by atoms with van der Waals surface area (Å²) in [7, 11) is 3.05. The quantitative estimate of drug-likeness (QED) is 0.888. The van der Waals surface area contributed by atoms with Gasteiger partial charge in [-0.15, -0.1) is 0 Å². The summed E-state index contributed by atoms with van der Waals surface area (Å²) in [6.07, 6.45) is 0. The third-order valence-electron chi connectivity index (χ3n) is 3.15. The lowest BCUT2D eigenvalue weighted by Gasteiger charge is -2.11. The van der Waals surface area contributed by atoms with Crippen molar-refractivity contribution in [2.75, 3.05) is 26.1 Å². The molecule has 0 saturated carbocycles. The molecule has 0 radical (unpaired) electrons. The Hall–Kier alpha value is -2.76. The maximum absolute atomic E-state index is 13.4. The highest BCUT2D eigenvalue weighted by Gasteiger charge is 2.08. The average Bonchev–Trinajstić information content (AvgIpc) is 2.56. The zero-order chi connectivity index (χ0) is 16.8. The molecule has 23 heavy (non-hydrogen) atoms. The molecule has 0 aliphatic carbocycles. The summed E-state index contributed by atoms with van der Waals surface area (Å²) in [6, 6.07) is 9.47. The Labute approximate surface area is 134 Å². The molecule has 0 aliphatic rings. The predicted molar refractivity (Wildman–Crippen MR) is 84.8 cm³/mol. The lowest BCUT2D eigenvalue weighted by Crippen LogP contribution is -2.20. The standard InChI is InChI=1S/C17H18FNO4/c1-11-4-5-12(6-16(11)18)19-17(20)10-23-15-8-13(21-2)7-14(9-15)22-3/h4-9H,10H2,1-3H3,(H,19,20). The molecule has 5 nitrogen and oxygen atoms in total. The zero-order valence-corrected chi connectivity index (χ0v) is 13.2. The van der Waals surface area contributed by atoms with E-state index in [4.69, 9.17) is 14.2 Å². The number of halogens is 1. The van der Waals surface area contributed by atoms with Crippen LogP contribution in [-0.4, -0.2) is 26.7 Å². The highest BCUT2D eigenvalue weighted by molar-refractivity contribution is 5.91. The first kappa shape index (κ1) is 16.6. The van der Waals surface area contributed by atoms with Gasteiger partial charge in [0.15, 0.2) is 6.61 Å². The third-order valence-corrected chi connectivity index (χ3v) is 3.15. The predicted octanol–water partition coefficient (Wildman–Crippen LogP) is 3.17. The Morgan fingerprint density at radius 2 is 1.65 bits per heavy atom. The summed E-state index contributed by atoms with van der Waals surface area (Å²) in [6.45, 7) is 1.44. The van der Waals surface area contributed by atoms with Gasteiger partial charge >= 0.3 is 0 Å². The topological polar surface area (TPSA) is 56.8 Å². The number of rotatable bonds is 6. The molecule has 0 unspecified atom stereocenters. The van der Waals surface area contributed by atoms with Crippen LogP contribution in [0.15, 0.2) is 36.4 Å². The SMILES string of the molecule is COc1cc(OC)cc(OCC(=O)Nc2ccc(C)c(F)c2)c1. The number of ether oxygens (including phenoxy) is 3. The fourth-order valence-electron chi connectivity index (χ4n) is 1.88. The highest BCUT2D eigenvalue weighted by atomic mass is 19.1. The number of hydrogen-bond donors (Lipinski definition) is 1. The summed E-state index contributed by atoms with van der Waals surface area (Å²) in [4.78, 5) is 11.9. The number of methoxy groups -OCH3 is 2. The minimum atomic E-state index is -0.393. The molecule has 0 aliphatic heterocycles. The van der Waals surface area contributed by atoms with Crippen molar-refractivity contribution in [2.24, 2.45) is 0 Å². The molecule has 6 heteroatoms. The highest BCUT2D eigenvalue weighted by Crippen LogP contribution is 2.27. The van der Waals surface area contributed by atoms with Crippen molar-refractivity contribution in [1.82, 2.24) is 0 Å². The molecule has 0 fully saturated rings. The fourth-order valence-corrected chi connectivity index (χ4v) is 1.88. The molecule has 0 atom stereocenters. The van der Waals surface area contributed by atoms with E-state index in [-0.39, 0.29) is 12.4 Å². The summed E-state index contributed by atoms with van der Waals surface area (Å²) in [5.41, 5.74) is 0.896. The number of aryl methyl sites for hydroxylation is 1. The first-order chi connectivity index (χ1) is 11.0. The lowest BCUT2D eigenvalue weighted by molar-refractivity contribution is -0.118. The number of nitrogens with one attached hydrogen (secondary N) is 1. The Kier molecular flexibility index (Phi) is 5.41. The van der Waals surface area contributed by atoms with Gasteiger partial charge in [-0.2, -0.15) is 0 Å². The van der Waals surface area contributed by atoms with E-state index in [0.717, 1.165) is 0 Å². The largest absolute Gasteiger partial charge is 0.496 e. The number of hydrogen-bond acceptors (Lipinski definition) is 4. The van der Waals surface area contributed by atoms with Crippen molar-refractivity contribution in [3.63, 3.8) is 0 Å². The van der Waals surface area contributed by atoms with Gasteiger partial charge in [0.2, 0.25) is 0 Å². The minimum Gasteiger partial charge on any atom is -0.496 e. The molecule has 0 bridgehead atoms. The van der Waals surface area contributed by atoms with E-state index >= 15 is 0 Å². The van der Waals surface area contributed by atoms with Crippen molar-refractivity contribution in [3.05, 3.63) is 47.8 Å². The molecule has 2 rings (SSSR count). The molecule has 2 aromatic carbocycles. The Morgan fingerprint density at radius 1 is 1.04 bits per heavy atom. The Bertz CT molecular complexity index is 681. The van der Waals surface area contributed by atoms with Crippen LogP contribution >= 0.6 is 0 Å². The van der Waals surface area contributed by atoms with E-state index in [1.165, 1.54) is 20.3 Å². The molecule has 2 aromatic rings. The number of anilines is 1. The number of carbonyl (C=O) groups excluding carboxylic acids is 1. The van der Waals surface area contributed by atoms with Crippen LogP contribution in [0.25, 0.3) is 0 Å². The monoisotopic (exact) mass is 319 g/mol. The van der Waals surface area contributed by atoms with Crippen molar-refractivity contribution >= 4 is 11.6 Å². The van der Waals surface area contributed by atoms with Crippen molar-refractivity contribution in [2.45, 2.75) is 6.92 Å². The number of benzene rings is 2. The second-order valence-corrected chi connectivity index (χ2v) is 4.85. The number of carbonyl (C=O) groups is 1. The molecule has 122 valence electrons. The van der Waals surface area contributed by atoms with Crippen LogP contribution < -0.4 is 19.5 Å². The minimum absolute atomic E-state index is 0.216. The van der Waals surface area contributed by atoms with E-state index in [9.17, 15) is 9.18 Å². The van der Waals surface area contributed by atoms with Crippen LogP contribution in [0.3, 0.4) is 0 Å². The van der Waals surface area contributed by atoms with E-state index in [1.807, 2.05) is 0 Å². The summed E-state index contributed by atoms with van der Waals surface area (Å²) >= 11 is 0. The van der Waals surface area contributed by atoms with Gasteiger partial charge in [-0.25, -0.2) is 4.39 Å². The van der Waals surface area contributed by atoms with Gasteiger partial charge in [0.1, 0.15) is 23.1 Å². The van der Waals surface area contributed by atoms with Crippen molar-refractivity contribution < 1.29 is 23.4 Å². The van der Waals surface area contributed by atoms with Crippen LogP contribution in [0.5, 0.6) is 17.2 Å². The third kappa shape index (κ3) is 4.60. The smallest absolute Gasteiger partial charge is 0.262 e. The van der Waals surface area contributed by atoms with Gasteiger partial charge in [-0.1, -0.05) is 6.07 Å². The van der Waals surface area contributed by atoms with Crippen LogP contribution in [0.1, 0.15) is 5.56 Å². The maximum Gasteiger partial charge on any atom is 0.262 e. The molecular weight excluding hydrogens is 301 g/mol. The molecule has 1 amide bonds. The normalized spacial score (nSPS) is 10.1. The Balaban J connectivity index is 1.97. The molecular formula is C17H18FNO4. The molecule has 0 spiro atoms. The van der Waals surface area contributed by atoms with Gasteiger partial charge < -0.3 is 19.5 Å². The molecule has 1 N–H and O–H groups in total. The number of amides is 1. The van der Waals surface area contributed by atoms with Gasteiger partial charge in [0.05, 0.1) is 14.2 Å². The maximum atomic E-state index is 13.4. The summed E-state index contributed by atoms with van der Waals surface area (Å²) in [5, 5.41) is 2.57. The lowest BCUT2D eigenvalue weighted by atomic mass is 10.2. The van der Waals surface area contributed by atoms with Gasteiger partial charge in [0.25, 0.3) is 5.91 Å². The first-order valence-electron chi connectivity index (χ1n) is 6.93. The van der Waals surface area contributed by atoms with Crippen LogP contribution in [0.2, 0.25) is 0 Å². The molecule has 0 saturated heterocycles. The van der Waals surface area contributed by atoms with Crippen molar-refractivity contribution in [1.29, 1.82) is 0 Å².